The molecular weight excluding hydrogens is 432 g/mol. The summed E-state index contributed by atoms with van der Waals surface area (Å²) in [7, 11) is -1.76. The first kappa shape index (κ1) is 22.7. The number of nitrogens with zero attached hydrogens (tertiary/aromatic N) is 2. The van der Waals surface area contributed by atoms with Gasteiger partial charge in [0.1, 0.15) is 16.5 Å². The maximum absolute atomic E-state index is 12.6. The fourth-order valence-corrected chi connectivity index (χ4v) is 7.37. The molecule has 0 saturated heterocycles. The van der Waals surface area contributed by atoms with Crippen LogP contribution in [0.25, 0.3) is 0 Å². The highest BCUT2D eigenvalue weighted by atomic mass is 35.5. The molecule has 0 atom stereocenters. The van der Waals surface area contributed by atoms with Gasteiger partial charge < -0.3 is 4.74 Å². The van der Waals surface area contributed by atoms with Gasteiger partial charge in [-0.3, -0.25) is 4.79 Å². The molecule has 0 spiro atoms. The molecule has 1 heterocycles. The van der Waals surface area contributed by atoms with Gasteiger partial charge in [0.2, 0.25) is 0 Å². The third kappa shape index (κ3) is 5.36. The van der Waals surface area contributed by atoms with E-state index in [1.54, 1.807) is 18.0 Å². The molecule has 0 radical (unpaired) electrons. The van der Waals surface area contributed by atoms with Crippen LogP contribution in [0.1, 0.15) is 20.8 Å². The SMILES string of the molecule is CC(C)(C)n1ncc(SC[Si](C)(C)c2ccc(Oc3ccccc3)cc2)c(Cl)c1=O. The van der Waals surface area contributed by atoms with E-state index >= 15 is 0 Å². The van der Waals surface area contributed by atoms with Crippen LogP contribution in [0.2, 0.25) is 18.1 Å². The molecule has 7 heteroatoms. The van der Waals surface area contributed by atoms with Crippen molar-refractivity contribution in [1.82, 2.24) is 9.78 Å². The minimum atomic E-state index is -1.76. The standard InChI is InChI=1S/C23H27ClN2O2SSi/c1-23(2,3)26-22(27)21(24)20(15-25-26)29-16-30(4,5)19-13-11-18(12-14-19)28-17-9-7-6-8-10-17/h6-15H,16H2,1-5H3. The van der Waals surface area contributed by atoms with Crippen LogP contribution in [0, 0.1) is 0 Å². The summed E-state index contributed by atoms with van der Waals surface area (Å²) in [4.78, 5) is 13.3. The van der Waals surface area contributed by atoms with E-state index < -0.39 is 13.6 Å². The lowest BCUT2D eigenvalue weighted by molar-refractivity contribution is 0.336. The molecule has 30 heavy (non-hydrogen) atoms. The zero-order valence-corrected chi connectivity index (χ0v) is 20.6. The Labute approximate surface area is 188 Å². The van der Waals surface area contributed by atoms with Gasteiger partial charge in [-0.25, -0.2) is 4.68 Å². The summed E-state index contributed by atoms with van der Waals surface area (Å²) in [5.41, 5.74) is -0.641. The van der Waals surface area contributed by atoms with Gasteiger partial charge in [-0.2, -0.15) is 5.10 Å². The number of hydrogen-bond acceptors (Lipinski definition) is 4. The van der Waals surface area contributed by atoms with Gasteiger partial charge in [0, 0.05) is 0 Å². The fourth-order valence-electron chi connectivity index (χ4n) is 2.94. The highest BCUT2D eigenvalue weighted by Gasteiger charge is 2.26. The van der Waals surface area contributed by atoms with Gasteiger partial charge in [-0.1, -0.05) is 60.2 Å². The second-order valence-corrected chi connectivity index (χ2v) is 15.4. The molecule has 4 nitrogen and oxygen atoms in total. The molecule has 3 aromatic rings. The van der Waals surface area contributed by atoms with Crippen molar-refractivity contribution < 1.29 is 4.74 Å². The number of thioether (sulfide) groups is 1. The first-order chi connectivity index (χ1) is 14.1. The normalized spacial score (nSPS) is 12.1. The smallest absolute Gasteiger partial charge is 0.287 e. The number of para-hydroxylation sites is 1. The molecule has 0 unspecified atom stereocenters. The van der Waals surface area contributed by atoms with Gasteiger partial charge in [-0.15, -0.1) is 11.8 Å². The molecule has 1 aromatic heterocycles. The molecule has 0 fully saturated rings. The Bertz CT molecular complexity index is 1060. The molecule has 3 rings (SSSR count). The van der Waals surface area contributed by atoms with E-state index in [1.165, 1.54) is 9.87 Å². The van der Waals surface area contributed by atoms with E-state index in [0.717, 1.165) is 21.8 Å². The Morgan fingerprint density at radius 2 is 1.63 bits per heavy atom. The van der Waals surface area contributed by atoms with Crippen LogP contribution in [-0.2, 0) is 5.54 Å². The first-order valence-electron chi connectivity index (χ1n) is 9.82. The average Bonchev–Trinajstić information content (AvgIpc) is 2.69. The van der Waals surface area contributed by atoms with Crippen molar-refractivity contribution in [2.24, 2.45) is 0 Å². The molecule has 0 aliphatic rings. The summed E-state index contributed by atoms with van der Waals surface area (Å²) in [6.07, 6.45) is 1.71. The predicted octanol–water partition coefficient (Wildman–Crippen LogP) is 5.69. The molecule has 0 amide bonds. The van der Waals surface area contributed by atoms with Gasteiger partial charge in [0.15, 0.2) is 0 Å². The average molecular weight is 459 g/mol. The summed E-state index contributed by atoms with van der Waals surface area (Å²) < 4.78 is 7.33. The number of benzene rings is 2. The van der Waals surface area contributed by atoms with Crippen molar-refractivity contribution in [3.05, 3.63) is 76.2 Å². The lowest BCUT2D eigenvalue weighted by atomic mass is 10.1. The third-order valence-electron chi connectivity index (χ3n) is 4.73. The molecule has 0 bridgehead atoms. The van der Waals surface area contributed by atoms with Crippen LogP contribution < -0.4 is 15.5 Å². The van der Waals surface area contributed by atoms with Crippen LogP contribution in [0.15, 0.2) is 70.5 Å². The highest BCUT2D eigenvalue weighted by Crippen LogP contribution is 2.27. The zero-order chi connectivity index (χ0) is 21.9. The van der Waals surface area contributed by atoms with Crippen molar-refractivity contribution in [3.8, 4) is 11.5 Å². The van der Waals surface area contributed by atoms with Crippen LogP contribution in [0.4, 0.5) is 0 Å². The summed E-state index contributed by atoms with van der Waals surface area (Å²) >= 11 is 7.99. The van der Waals surface area contributed by atoms with Crippen molar-refractivity contribution in [2.45, 2.75) is 44.3 Å². The van der Waals surface area contributed by atoms with Crippen molar-refractivity contribution in [2.75, 3.05) is 5.38 Å². The Balaban J connectivity index is 1.71. The largest absolute Gasteiger partial charge is 0.457 e. The number of rotatable bonds is 6. The second kappa shape index (κ2) is 9.00. The second-order valence-electron chi connectivity index (χ2n) is 8.82. The van der Waals surface area contributed by atoms with E-state index in [2.05, 4.69) is 30.3 Å². The van der Waals surface area contributed by atoms with Crippen molar-refractivity contribution in [1.29, 1.82) is 0 Å². The first-order valence-corrected chi connectivity index (χ1v) is 14.4. The summed E-state index contributed by atoms with van der Waals surface area (Å²) in [6, 6.07) is 18.1. The quantitative estimate of drug-likeness (QED) is 0.351. The Morgan fingerprint density at radius 3 is 2.23 bits per heavy atom. The lowest BCUT2D eigenvalue weighted by Gasteiger charge is -2.24. The lowest BCUT2D eigenvalue weighted by Crippen LogP contribution is -2.44. The van der Waals surface area contributed by atoms with Gasteiger partial charge in [-0.05, 0) is 50.4 Å². The van der Waals surface area contributed by atoms with Crippen LogP contribution >= 0.6 is 23.4 Å². The predicted molar refractivity (Wildman–Crippen MR) is 129 cm³/mol. The summed E-state index contributed by atoms with van der Waals surface area (Å²) in [5.74, 6) is 1.64. The topological polar surface area (TPSA) is 44.1 Å². The molecule has 0 aliphatic carbocycles. The maximum Gasteiger partial charge on any atom is 0.287 e. The van der Waals surface area contributed by atoms with Gasteiger partial charge >= 0.3 is 0 Å². The highest BCUT2D eigenvalue weighted by molar-refractivity contribution is 8.01. The minimum Gasteiger partial charge on any atom is -0.457 e. The molecular formula is C23H27ClN2O2SSi. The number of hydrogen-bond donors (Lipinski definition) is 0. The Morgan fingerprint density at radius 1 is 1.03 bits per heavy atom. The molecule has 158 valence electrons. The van der Waals surface area contributed by atoms with Gasteiger partial charge in [0.25, 0.3) is 5.56 Å². The molecule has 0 aliphatic heterocycles. The van der Waals surface area contributed by atoms with Crippen molar-refractivity contribution in [3.63, 3.8) is 0 Å². The molecule has 2 aromatic carbocycles. The van der Waals surface area contributed by atoms with Crippen LogP contribution in [-0.4, -0.2) is 23.2 Å². The number of ether oxygens (including phenoxy) is 1. The molecule has 0 N–H and O–H groups in total. The summed E-state index contributed by atoms with van der Waals surface area (Å²) in [5, 5.41) is 6.80. The van der Waals surface area contributed by atoms with E-state index in [1.807, 2.05) is 63.2 Å². The summed E-state index contributed by atoms with van der Waals surface area (Å²) in [6.45, 7) is 10.4. The fraction of sp³-hybridized carbons (Fsp3) is 0.304. The van der Waals surface area contributed by atoms with E-state index in [-0.39, 0.29) is 10.6 Å². The van der Waals surface area contributed by atoms with Gasteiger partial charge in [0.05, 0.1) is 24.7 Å². The monoisotopic (exact) mass is 458 g/mol. The minimum absolute atomic E-state index is 0.240. The Hall–Kier alpha value is -2.02. The Kier molecular flexibility index (Phi) is 6.80. The third-order valence-corrected chi connectivity index (χ3v) is 11.2. The maximum atomic E-state index is 12.6. The van der Waals surface area contributed by atoms with E-state index in [9.17, 15) is 4.79 Å². The number of halogens is 1. The van der Waals surface area contributed by atoms with E-state index in [4.69, 9.17) is 16.3 Å². The number of aromatic nitrogens is 2. The van der Waals surface area contributed by atoms with Crippen molar-refractivity contribution >= 4 is 36.6 Å². The van der Waals surface area contributed by atoms with Crippen LogP contribution in [0.5, 0.6) is 11.5 Å². The van der Waals surface area contributed by atoms with Crippen LogP contribution in [0.3, 0.4) is 0 Å². The zero-order valence-electron chi connectivity index (χ0n) is 18.0. The van der Waals surface area contributed by atoms with E-state index in [0.29, 0.717) is 0 Å². The molecule has 0 saturated carbocycles.